The van der Waals surface area contributed by atoms with E-state index >= 15 is 0 Å². The molecule has 98 valence electrons. The van der Waals surface area contributed by atoms with E-state index in [1.807, 2.05) is 25.7 Å². The van der Waals surface area contributed by atoms with E-state index < -0.39 is 5.60 Å². The summed E-state index contributed by atoms with van der Waals surface area (Å²) in [6.45, 7) is 12.9. The highest BCUT2D eigenvalue weighted by atomic mass is 16.6. The smallest absolute Gasteiger partial charge is 0.410 e. The van der Waals surface area contributed by atoms with E-state index in [1.165, 1.54) is 0 Å². The Morgan fingerprint density at radius 3 is 2.53 bits per heavy atom. The molecule has 4 heteroatoms. The van der Waals surface area contributed by atoms with Gasteiger partial charge in [-0.15, -0.1) is 0 Å². The molecular formula is C13H24N2O2. The number of fused-ring (bicyclic) bond motifs is 1. The number of carbonyl (C=O) groups excluding carboxylic acids is 1. The molecule has 0 aromatic carbocycles. The van der Waals surface area contributed by atoms with Gasteiger partial charge in [0.15, 0.2) is 0 Å². The second-order valence-corrected chi connectivity index (χ2v) is 6.77. The molecule has 0 radical (unpaired) electrons. The second kappa shape index (κ2) is 3.87. The fourth-order valence-corrected chi connectivity index (χ4v) is 3.05. The predicted molar refractivity (Wildman–Crippen MR) is 66.9 cm³/mol. The van der Waals surface area contributed by atoms with Crippen molar-refractivity contribution in [3.8, 4) is 0 Å². The van der Waals surface area contributed by atoms with Gasteiger partial charge in [0.25, 0.3) is 0 Å². The van der Waals surface area contributed by atoms with Crippen LogP contribution in [0.2, 0.25) is 0 Å². The van der Waals surface area contributed by atoms with Crippen LogP contribution in [0, 0.1) is 11.8 Å². The molecule has 17 heavy (non-hydrogen) atoms. The third-order valence-corrected chi connectivity index (χ3v) is 3.97. The van der Waals surface area contributed by atoms with Crippen molar-refractivity contribution in [3.05, 3.63) is 0 Å². The Hall–Kier alpha value is -0.770. The van der Waals surface area contributed by atoms with Crippen LogP contribution in [-0.4, -0.2) is 41.8 Å². The van der Waals surface area contributed by atoms with E-state index in [1.54, 1.807) is 0 Å². The number of ether oxygens (including phenoxy) is 1. The van der Waals surface area contributed by atoms with Gasteiger partial charge in [-0.05, 0) is 46.5 Å². The number of likely N-dealkylation sites (tertiary alicyclic amines) is 1. The summed E-state index contributed by atoms with van der Waals surface area (Å²) < 4.78 is 5.49. The second-order valence-electron chi connectivity index (χ2n) is 6.77. The molecule has 2 unspecified atom stereocenters. The van der Waals surface area contributed by atoms with E-state index in [0.717, 1.165) is 19.6 Å². The van der Waals surface area contributed by atoms with Crippen LogP contribution in [0.3, 0.4) is 0 Å². The first-order valence-electron chi connectivity index (χ1n) is 6.43. The zero-order chi connectivity index (χ0) is 12.8. The topological polar surface area (TPSA) is 41.6 Å². The number of nitrogens with one attached hydrogen (secondary N) is 1. The summed E-state index contributed by atoms with van der Waals surface area (Å²) in [4.78, 5) is 14.1. The van der Waals surface area contributed by atoms with Crippen LogP contribution in [0.25, 0.3) is 0 Å². The Morgan fingerprint density at radius 2 is 2.00 bits per heavy atom. The van der Waals surface area contributed by atoms with E-state index in [9.17, 15) is 4.79 Å². The molecule has 2 aliphatic heterocycles. The third-order valence-electron chi connectivity index (χ3n) is 3.97. The molecule has 0 saturated carbocycles. The molecule has 2 atom stereocenters. The van der Waals surface area contributed by atoms with Gasteiger partial charge in [-0.2, -0.15) is 0 Å². The SMILES string of the molecule is CC(C)(C)OC(=O)N1CC2CNCC2C1(C)C. The third kappa shape index (κ3) is 2.28. The van der Waals surface area contributed by atoms with Crippen molar-refractivity contribution in [1.29, 1.82) is 0 Å². The van der Waals surface area contributed by atoms with Crippen LogP contribution in [0.4, 0.5) is 4.79 Å². The van der Waals surface area contributed by atoms with Gasteiger partial charge in [-0.3, -0.25) is 0 Å². The molecule has 2 rings (SSSR count). The van der Waals surface area contributed by atoms with Crippen LogP contribution >= 0.6 is 0 Å². The predicted octanol–water partition coefficient (Wildman–Crippen LogP) is 1.85. The summed E-state index contributed by atoms with van der Waals surface area (Å²) in [7, 11) is 0. The van der Waals surface area contributed by atoms with Gasteiger partial charge < -0.3 is 15.0 Å². The van der Waals surface area contributed by atoms with Crippen molar-refractivity contribution in [2.24, 2.45) is 11.8 Å². The fourth-order valence-electron chi connectivity index (χ4n) is 3.05. The average molecular weight is 240 g/mol. The molecule has 0 aromatic rings. The highest BCUT2D eigenvalue weighted by Gasteiger charge is 2.52. The minimum Gasteiger partial charge on any atom is -0.444 e. The first-order valence-corrected chi connectivity index (χ1v) is 6.43. The summed E-state index contributed by atoms with van der Waals surface area (Å²) in [6.07, 6.45) is -0.170. The lowest BCUT2D eigenvalue weighted by Gasteiger charge is -2.36. The molecular weight excluding hydrogens is 216 g/mol. The van der Waals surface area contributed by atoms with Crippen molar-refractivity contribution >= 4 is 6.09 Å². The molecule has 0 spiro atoms. The normalized spacial score (nSPS) is 31.5. The van der Waals surface area contributed by atoms with Crippen molar-refractivity contribution < 1.29 is 9.53 Å². The Balaban J connectivity index is 2.10. The Bertz CT molecular complexity index is 320. The van der Waals surface area contributed by atoms with Crippen LogP contribution in [0.5, 0.6) is 0 Å². The van der Waals surface area contributed by atoms with E-state index in [2.05, 4.69) is 19.2 Å². The van der Waals surface area contributed by atoms with Gasteiger partial charge in [0.05, 0.1) is 0 Å². The minimum atomic E-state index is -0.414. The Labute approximate surface area is 104 Å². The van der Waals surface area contributed by atoms with E-state index in [4.69, 9.17) is 4.74 Å². The molecule has 2 aliphatic rings. The maximum Gasteiger partial charge on any atom is 0.410 e. The van der Waals surface area contributed by atoms with Gasteiger partial charge >= 0.3 is 6.09 Å². The van der Waals surface area contributed by atoms with E-state index in [-0.39, 0.29) is 11.6 Å². The first-order chi connectivity index (χ1) is 7.72. The lowest BCUT2D eigenvalue weighted by atomic mass is 9.85. The molecule has 2 saturated heterocycles. The zero-order valence-corrected chi connectivity index (χ0v) is 11.5. The van der Waals surface area contributed by atoms with Gasteiger partial charge in [0, 0.05) is 25.2 Å². The van der Waals surface area contributed by atoms with Crippen LogP contribution in [0.1, 0.15) is 34.6 Å². The standard InChI is InChI=1S/C13H24N2O2/c1-12(2,3)17-11(16)15-8-9-6-14-7-10(9)13(15,4)5/h9-10,14H,6-8H2,1-5H3. The summed E-state index contributed by atoms with van der Waals surface area (Å²) >= 11 is 0. The van der Waals surface area contributed by atoms with Crippen molar-refractivity contribution in [2.45, 2.75) is 45.8 Å². The minimum absolute atomic E-state index is 0.101. The first kappa shape index (κ1) is 12.7. The van der Waals surface area contributed by atoms with Crippen molar-refractivity contribution in [2.75, 3.05) is 19.6 Å². The highest BCUT2D eigenvalue weighted by Crippen LogP contribution is 2.41. The number of hydrogen-bond acceptors (Lipinski definition) is 3. The molecule has 4 nitrogen and oxygen atoms in total. The molecule has 1 amide bonds. The van der Waals surface area contributed by atoms with Gasteiger partial charge in [0.2, 0.25) is 0 Å². The van der Waals surface area contributed by atoms with Gasteiger partial charge in [0.1, 0.15) is 5.60 Å². The van der Waals surface area contributed by atoms with Gasteiger partial charge in [-0.25, -0.2) is 4.79 Å². The lowest BCUT2D eigenvalue weighted by molar-refractivity contribution is 0.00896. The largest absolute Gasteiger partial charge is 0.444 e. The number of amides is 1. The molecule has 0 aromatic heterocycles. The number of carbonyl (C=O) groups is 1. The molecule has 1 N–H and O–H groups in total. The maximum atomic E-state index is 12.2. The zero-order valence-electron chi connectivity index (χ0n) is 11.5. The number of rotatable bonds is 0. The Morgan fingerprint density at radius 1 is 1.35 bits per heavy atom. The summed E-state index contributed by atoms with van der Waals surface area (Å²) in [5.41, 5.74) is -0.514. The molecule has 0 bridgehead atoms. The number of hydrogen-bond donors (Lipinski definition) is 1. The quantitative estimate of drug-likeness (QED) is 0.702. The molecule has 2 fully saturated rings. The van der Waals surface area contributed by atoms with Crippen molar-refractivity contribution in [1.82, 2.24) is 10.2 Å². The van der Waals surface area contributed by atoms with Crippen LogP contribution in [-0.2, 0) is 4.74 Å². The van der Waals surface area contributed by atoms with Crippen LogP contribution in [0.15, 0.2) is 0 Å². The average Bonchev–Trinajstić information content (AvgIpc) is 2.65. The summed E-state index contributed by atoms with van der Waals surface area (Å²) in [5, 5.41) is 3.41. The molecule has 2 heterocycles. The highest BCUT2D eigenvalue weighted by molar-refractivity contribution is 5.70. The molecule has 0 aliphatic carbocycles. The maximum absolute atomic E-state index is 12.2. The fraction of sp³-hybridized carbons (Fsp3) is 0.923. The van der Waals surface area contributed by atoms with Crippen molar-refractivity contribution in [3.63, 3.8) is 0 Å². The van der Waals surface area contributed by atoms with Gasteiger partial charge in [-0.1, -0.05) is 0 Å². The Kier molecular flexibility index (Phi) is 2.89. The van der Waals surface area contributed by atoms with E-state index in [0.29, 0.717) is 11.8 Å². The van der Waals surface area contributed by atoms with Crippen LogP contribution < -0.4 is 5.32 Å². The monoisotopic (exact) mass is 240 g/mol. The summed E-state index contributed by atoms with van der Waals surface area (Å²) in [6, 6.07) is 0. The number of nitrogens with zero attached hydrogens (tertiary/aromatic N) is 1. The lowest BCUT2D eigenvalue weighted by Crippen LogP contribution is -2.49. The summed E-state index contributed by atoms with van der Waals surface area (Å²) in [5.74, 6) is 1.13.